The fourth-order valence-electron chi connectivity index (χ4n) is 1.87. The van der Waals surface area contributed by atoms with Gasteiger partial charge in [0.1, 0.15) is 0 Å². The summed E-state index contributed by atoms with van der Waals surface area (Å²) in [5.74, 6) is -0.411. The van der Waals surface area contributed by atoms with Crippen molar-refractivity contribution in [2.75, 3.05) is 0 Å². The molecule has 1 aliphatic carbocycles. The number of nitrogens with zero attached hydrogens (tertiary/aromatic N) is 1. The highest BCUT2D eigenvalue weighted by molar-refractivity contribution is 5.82. The minimum Gasteiger partial charge on any atom is -0.369 e. The van der Waals surface area contributed by atoms with Crippen molar-refractivity contribution in [2.24, 2.45) is 5.73 Å². The summed E-state index contributed by atoms with van der Waals surface area (Å²) in [6.45, 7) is 2.00. The number of fused-ring (bicyclic) bond motifs is 1. The van der Waals surface area contributed by atoms with E-state index in [-0.39, 0.29) is 11.8 Å². The Bertz CT molecular complexity index is 360. The standard InChI is InChI=1S/C10H12N2O/c1-6-4-7-2-3-8(10(11)13)9(7)12-5-6/h4-5,8H,2-3H2,1H3,(H2,11,13). The van der Waals surface area contributed by atoms with E-state index in [4.69, 9.17) is 5.73 Å². The van der Waals surface area contributed by atoms with Gasteiger partial charge < -0.3 is 5.73 Å². The van der Waals surface area contributed by atoms with Gasteiger partial charge in [0, 0.05) is 6.20 Å². The molecule has 1 aromatic heterocycles. The average Bonchev–Trinajstić information content (AvgIpc) is 2.46. The third-order valence-electron chi connectivity index (χ3n) is 2.51. The van der Waals surface area contributed by atoms with E-state index in [0.717, 1.165) is 24.1 Å². The fraction of sp³-hybridized carbons (Fsp3) is 0.400. The zero-order chi connectivity index (χ0) is 9.42. The number of hydrogen-bond donors (Lipinski definition) is 1. The van der Waals surface area contributed by atoms with Gasteiger partial charge in [-0.2, -0.15) is 0 Å². The number of pyridine rings is 1. The van der Waals surface area contributed by atoms with Crippen molar-refractivity contribution < 1.29 is 4.79 Å². The van der Waals surface area contributed by atoms with Crippen LogP contribution in [0.2, 0.25) is 0 Å². The normalized spacial score (nSPS) is 19.9. The second-order valence-corrected chi connectivity index (χ2v) is 3.55. The van der Waals surface area contributed by atoms with Gasteiger partial charge in [-0.3, -0.25) is 9.78 Å². The number of carbonyl (C=O) groups excluding carboxylic acids is 1. The Balaban J connectivity index is 2.44. The van der Waals surface area contributed by atoms with Crippen molar-refractivity contribution in [3.63, 3.8) is 0 Å². The van der Waals surface area contributed by atoms with Gasteiger partial charge in [0.05, 0.1) is 11.6 Å². The van der Waals surface area contributed by atoms with Crippen molar-refractivity contribution in [3.8, 4) is 0 Å². The van der Waals surface area contributed by atoms with Gasteiger partial charge >= 0.3 is 0 Å². The van der Waals surface area contributed by atoms with Gasteiger partial charge in [-0.05, 0) is 30.9 Å². The molecule has 1 atom stereocenters. The fourth-order valence-corrected chi connectivity index (χ4v) is 1.87. The van der Waals surface area contributed by atoms with Gasteiger partial charge in [0.2, 0.25) is 5.91 Å². The van der Waals surface area contributed by atoms with Gasteiger partial charge in [-0.25, -0.2) is 0 Å². The third-order valence-corrected chi connectivity index (χ3v) is 2.51. The molecule has 0 fully saturated rings. The molecule has 0 aromatic carbocycles. The zero-order valence-electron chi connectivity index (χ0n) is 7.58. The molecule has 2 rings (SSSR count). The number of amides is 1. The molecule has 2 N–H and O–H groups in total. The molecule has 0 bridgehead atoms. The van der Waals surface area contributed by atoms with Crippen LogP contribution in [0.3, 0.4) is 0 Å². The Hall–Kier alpha value is -1.38. The number of hydrogen-bond acceptors (Lipinski definition) is 2. The average molecular weight is 176 g/mol. The first-order valence-corrected chi connectivity index (χ1v) is 4.43. The van der Waals surface area contributed by atoms with Crippen LogP contribution < -0.4 is 5.73 Å². The molecule has 0 aliphatic heterocycles. The maximum Gasteiger partial charge on any atom is 0.226 e. The lowest BCUT2D eigenvalue weighted by Crippen LogP contribution is -2.19. The lowest BCUT2D eigenvalue weighted by molar-refractivity contribution is -0.119. The van der Waals surface area contributed by atoms with E-state index in [9.17, 15) is 4.79 Å². The molecule has 0 radical (unpaired) electrons. The van der Waals surface area contributed by atoms with E-state index in [1.54, 1.807) is 6.20 Å². The van der Waals surface area contributed by atoms with Crippen LogP contribution in [0.25, 0.3) is 0 Å². The summed E-state index contributed by atoms with van der Waals surface area (Å²) in [6, 6.07) is 2.09. The first-order chi connectivity index (χ1) is 6.18. The van der Waals surface area contributed by atoms with Crippen LogP contribution in [0, 0.1) is 6.92 Å². The number of primary amides is 1. The minimum atomic E-state index is -0.255. The summed E-state index contributed by atoms with van der Waals surface area (Å²) in [4.78, 5) is 15.3. The molecule has 68 valence electrons. The molecule has 0 saturated carbocycles. The summed E-state index contributed by atoms with van der Waals surface area (Å²) in [6.07, 6.45) is 3.54. The smallest absolute Gasteiger partial charge is 0.226 e. The Morgan fingerprint density at radius 2 is 2.46 bits per heavy atom. The van der Waals surface area contributed by atoms with Crippen molar-refractivity contribution in [1.29, 1.82) is 0 Å². The highest BCUT2D eigenvalue weighted by Gasteiger charge is 2.27. The van der Waals surface area contributed by atoms with Crippen molar-refractivity contribution in [3.05, 3.63) is 29.1 Å². The van der Waals surface area contributed by atoms with Crippen LogP contribution >= 0.6 is 0 Å². The van der Waals surface area contributed by atoms with E-state index in [2.05, 4.69) is 11.1 Å². The van der Waals surface area contributed by atoms with Crippen LogP contribution in [0.5, 0.6) is 0 Å². The summed E-state index contributed by atoms with van der Waals surface area (Å²) in [5.41, 5.74) is 8.49. The first kappa shape index (κ1) is 8.23. The summed E-state index contributed by atoms with van der Waals surface area (Å²) in [7, 11) is 0. The molecule has 0 saturated heterocycles. The second kappa shape index (κ2) is 2.83. The Kier molecular flexibility index (Phi) is 1.79. The number of aryl methyl sites for hydroxylation is 2. The van der Waals surface area contributed by atoms with Crippen LogP contribution in [0.15, 0.2) is 12.3 Å². The first-order valence-electron chi connectivity index (χ1n) is 4.43. The third kappa shape index (κ3) is 1.30. The van der Waals surface area contributed by atoms with E-state index >= 15 is 0 Å². The van der Waals surface area contributed by atoms with Gasteiger partial charge in [0.15, 0.2) is 0 Å². The Morgan fingerprint density at radius 1 is 1.69 bits per heavy atom. The molecule has 1 heterocycles. The number of rotatable bonds is 1. The predicted octanol–water partition coefficient (Wildman–Crippen LogP) is 0.905. The molecule has 13 heavy (non-hydrogen) atoms. The van der Waals surface area contributed by atoms with Crippen molar-refractivity contribution >= 4 is 5.91 Å². The van der Waals surface area contributed by atoms with Crippen LogP contribution in [-0.4, -0.2) is 10.9 Å². The second-order valence-electron chi connectivity index (χ2n) is 3.55. The molecular weight excluding hydrogens is 164 g/mol. The van der Waals surface area contributed by atoms with Crippen molar-refractivity contribution in [2.45, 2.75) is 25.7 Å². The highest BCUT2D eigenvalue weighted by Crippen LogP contribution is 2.31. The molecule has 3 nitrogen and oxygen atoms in total. The monoisotopic (exact) mass is 176 g/mol. The summed E-state index contributed by atoms with van der Waals surface area (Å²) in [5, 5.41) is 0. The molecule has 1 amide bonds. The zero-order valence-corrected chi connectivity index (χ0v) is 7.58. The lowest BCUT2D eigenvalue weighted by atomic mass is 10.1. The summed E-state index contributed by atoms with van der Waals surface area (Å²) >= 11 is 0. The van der Waals surface area contributed by atoms with E-state index < -0.39 is 0 Å². The van der Waals surface area contributed by atoms with Crippen LogP contribution in [0.4, 0.5) is 0 Å². The molecule has 0 spiro atoms. The Morgan fingerprint density at radius 3 is 3.15 bits per heavy atom. The number of aromatic nitrogens is 1. The molecule has 1 aliphatic rings. The topological polar surface area (TPSA) is 56.0 Å². The maximum atomic E-state index is 11.0. The van der Waals surface area contributed by atoms with E-state index in [0.29, 0.717) is 0 Å². The number of nitrogens with two attached hydrogens (primary N) is 1. The quantitative estimate of drug-likeness (QED) is 0.691. The van der Waals surface area contributed by atoms with Crippen LogP contribution in [0.1, 0.15) is 29.2 Å². The van der Waals surface area contributed by atoms with Gasteiger partial charge in [0.25, 0.3) is 0 Å². The molecule has 3 heteroatoms. The molecular formula is C10H12N2O. The largest absolute Gasteiger partial charge is 0.369 e. The maximum absolute atomic E-state index is 11.0. The lowest BCUT2D eigenvalue weighted by Gasteiger charge is -2.05. The predicted molar refractivity (Wildman–Crippen MR) is 49.2 cm³/mol. The van der Waals surface area contributed by atoms with Gasteiger partial charge in [-0.1, -0.05) is 6.07 Å². The molecule has 1 unspecified atom stereocenters. The highest BCUT2D eigenvalue weighted by atomic mass is 16.1. The number of carbonyl (C=O) groups is 1. The SMILES string of the molecule is Cc1cnc2c(c1)CCC2C(N)=O. The summed E-state index contributed by atoms with van der Waals surface area (Å²) < 4.78 is 0. The van der Waals surface area contributed by atoms with Gasteiger partial charge in [-0.15, -0.1) is 0 Å². The van der Waals surface area contributed by atoms with Crippen molar-refractivity contribution in [1.82, 2.24) is 4.98 Å². The van der Waals surface area contributed by atoms with E-state index in [1.807, 2.05) is 6.92 Å². The van der Waals surface area contributed by atoms with Crippen LogP contribution in [-0.2, 0) is 11.2 Å². The van der Waals surface area contributed by atoms with E-state index in [1.165, 1.54) is 5.56 Å². The molecule has 1 aromatic rings. The Labute approximate surface area is 77.0 Å². The minimum absolute atomic E-state index is 0.157.